The van der Waals surface area contributed by atoms with Crippen molar-refractivity contribution in [1.29, 1.82) is 0 Å². The number of hydrogen-bond donors (Lipinski definition) is 0. The number of ketones is 1. The number of nitro benzene ring substituents is 1. The van der Waals surface area contributed by atoms with Gasteiger partial charge in [-0.15, -0.1) is 0 Å². The fraction of sp³-hybridized carbons (Fsp3) is 0.125. The maximum atomic E-state index is 12.9. The number of benzene rings is 2. The van der Waals surface area contributed by atoms with Crippen LogP contribution in [0.2, 0.25) is 0 Å². The van der Waals surface area contributed by atoms with Crippen molar-refractivity contribution in [2.24, 2.45) is 0 Å². The number of carbonyl (C=O) groups is 3. The van der Waals surface area contributed by atoms with Crippen LogP contribution in [0.3, 0.4) is 0 Å². The van der Waals surface area contributed by atoms with Crippen LogP contribution in [-0.2, 0) is 4.79 Å². The lowest BCUT2D eigenvalue weighted by Gasteiger charge is -2.11. The van der Waals surface area contributed by atoms with E-state index in [-0.39, 0.29) is 16.2 Å². The fourth-order valence-electron chi connectivity index (χ4n) is 3.69. The van der Waals surface area contributed by atoms with Crippen LogP contribution in [0.5, 0.6) is 0 Å². The Labute approximate surface area is 193 Å². The van der Waals surface area contributed by atoms with Crippen LogP contribution < -0.4 is 0 Å². The van der Waals surface area contributed by atoms with Crippen molar-refractivity contribution in [2.75, 3.05) is 6.54 Å². The number of nitrogens with zero attached hydrogens (tertiary/aromatic N) is 3. The Bertz CT molecular complexity index is 1310. The normalized spacial score (nSPS) is 14.8. The van der Waals surface area contributed by atoms with Crippen LogP contribution in [0, 0.1) is 24.0 Å². The average molecular weight is 461 g/mol. The second-order valence-corrected chi connectivity index (χ2v) is 8.49. The number of hydrogen-bond acceptors (Lipinski definition) is 6. The zero-order valence-corrected chi connectivity index (χ0v) is 18.7. The molecule has 0 bridgehead atoms. The molecule has 4 rings (SSSR count). The Morgan fingerprint density at radius 3 is 2.36 bits per heavy atom. The van der Waals surface area contributed by atoms with Gasteiger partial charge in [-0.2, -0.15) is 0 Å². The summed E-state index contributed by atoms with van der Waals surface area (Å²) in [6.07, 6.45) is 1.67. The van der Waals surface area contributed by atoms with Crippen LogP contribution in [0.15, 0.2) is 65.6 Å². The molecule has 2 aromatic carbocycles. The first kappa shape index (κ1) is 22.2. The molecule has 1 aromatic heterocycles. The summed E-state index contributed by atoms with van der Waals surface area (Å²) in [5.41, 5.74) is 3.76. The third kappa shape index (κ3) is 4.35. The number of aryl methyl sites for hydroxylation is 1. The Kier molecular flexibility index (Phi) is 5.97. The quantitative estimate of drug-likeness (QED) is 0.223. The van der Waals surface area contributed by atoms with Gasteiger partial charge in [-0.05, 0) is 67.6 Å². The maximum absolute atomic E-state index is 12.9. The summed E-state index contributed by atoms with van der Waals surface area (Å²) in [4.78, 5) is 49.2. The van der Waals surface area contributed by atoms with Crippen LogP contribution in [0.25, 0.3) is 11.8 Å². The van der Waals surface area contributed by atoms with Gasteiger partial charge >= 0.3 is 0 Å². The van der Waals surface area contributed by atoms with E-state index >= 15 is 0 Å². The lowest BCUT2D eigenvalue weighted by molar-refractivity contribution is -0.384. The number of aromatic nitrogens is 1. The SMILES string of the molecule is Cc1cc(/C=C2/SC(=O)N(CC(=O)c3ccc([N+](=O)[O-])cc3)C2=O)c(C)n1-c1ccccc1. The summed E-state index contributed by atoms with van der Waals surface area (Å²) in [6, 6.07) is 16.8. The number of non-ortho nitro benzene ring substituents is 1. The van der Waals surface area contributed by atoms with Crippen LogP contribution >= 0.6 is 11.8 Å². The van der Waals surface area contributed by atoms with E-state index in [4.69, 9.17) is 0 Å². The number of carbonyl (C=O) groups excluding carboxylic acids is 3. The van der Waals surface area contributed by atoms with Gasteiger partial charge in [0.25, 0.3) is 16.8 Å². The number of thioether (sulfide) groups is 1. The van der Waals surface area contributed by atoms with Crippen molar-refractivity contribution < 1.29 is 19.3 Å². The largest absolute Gasteiger partial charge is 0.318 e. The standard InChI is InChI=1S/C24H19N3O5S/c1-15-12-18(16(2)26(15)19-6-4-3-5-7-19)13-22-23(29)25(24(30)33-22)14-21(28)17-8-10-20(11-9-17)27(31)32/h3-13H,14H2,1-2H3/b22-13+. The van der Waals surface area contributed by atoms with Gasteiger partial charge in [0.05, 0.1) is 16.4 Å². The molecular weight excluding hydrogens is 442 g/mol. The van der Waals surface area contributed by atoms with Gasteiger partial charge in [-0.1, -0.05) is 18.2 Å². The molecule has 1 saturated heterocycles. The van der Waals surface area contributed by atoms with Gasteiger partial charge < -0.3 is 4.57 Å². The number of Topliss-reactive ketones (excluding diaryl/α,β-unsaturated/α-hetero) is 1. The number of para-hydroxylation sites is 1. The number of imide groups is 1. The highest BCUT2D eigenvalue weighted by molar-refractivity contribution is 8.18. The molecular formula is C24H19N3O5S. The first-order valence-corrected chi connectivity index (χ1v) is 10.9. The Morgan fingerprint density at radius 2 is 1.73 bits per heavy atom. The third-order valence-corrected chi connectivity index (χ3v) is 6.25. The molecule has 0 radical (unpaired) electrons. The van der Waals surface area contributed by atoms with E-state index in [0.717, 1.165) is 39.3 Å². The molecule has 0 spiro atoms. The molecule has 0 atom stereocenters. The highest BCUT2D eigenvalue weighted by Gasteiger charge is 2.36. The van der Waals surface area contributed by atoms with E-state index in [1.807, 2.05) is 50.2 Å². The summed E-state index contributed by atoms with van der Waals surface area (Å²) in [6.45, 7) is 3.48. The van der Waals surface area contributed by atoms with Gasteiger partial charge in [-0.3, -0.25) is 29.4 Å². The minimum atomic E-state index is -0.565. The number of amides is 2. The van der Waals surface area contributed by atoms with E-state index < -0.39 is 28.4 Å². The second kappa shape index (κ2) is 8.87. The Hall–Kier alpha value is -3.98. The van der Waals surface area contributed by atoms with Crippen LogP contribution in [0.1, 0.15) is 27.3 Å². The fourth-order valence-corrected chi connectivity index (χ4v) is 4.52. The van der Waals surface area contributed by atoms with Gasteiger partial charge in [0.2, 0.25) is 0 Å². The molecule has 1 aliphatic heterocycles. The summed E-state index contributed by atoms with van der Waals surface area (Å²) >= 11 is 0.788. The van der Waals surface area contributed by atoms with E-state index in [0.29, 0.717) is 0 Å². The van der Waals surface area contributed by atoms with Crippen LogP contribution in [0.4, 0.5) is 10.5 Å². The number of rotatable bonds is 6. The highest BCUT2D eigenvalue weighted by Crippen LogP contribution is 2.34. The van der Waals surface area contributed by atoms with E-state index in [1.165, 1.54) is 24.3 Å². The zero-order valence-electron chi connectivity index (χ0n) is 17.8. The van der Waals surface area contributed by atoms with Crippen molar-refractivity contribution in [3.8, 4) is 5.69 Å². The van der Waals surface area contributed by atoms with Gasteiger partial charge in [0, 0.05) is 34.8 Å². The average Bonchev–Trinajstić information content (AvgIpc) is 3.23. The number of nitro groups is 1. The molecule has 2 amide bonds. The predicted octanol–water partition coefficient (Wildman–Crippen LogP) is 4.92. The van der Waals surface area contributed by atoms with Gasteiger partial charge in [-0.25, -0.2) is 0 Å². The summed E-state index contributed by atoms with van der Waals surface area (Å²) in [5.74, 6) is -1.01. The summed E-state index contributed by atoms with van der Waals surface area (Å²) in [5, 5.41) is 10.2. The molecule has 0 aliphatic carbocycles. The molecule has 0 saturated carbocycles. The zero-order chi connectivity index (χ0) is 23.7. The Morgan fingerprint density at radius 1 is 1.06 bits per heavy atom. The molecule has 0 unspecified atom stereocenters. The lowest BCUT2D eigenvalue weighted by atomic mass is 10.1. The van der Waals surface area contributed by atoms with Crippen molar-refractivity contribution in [3.05, 3.63) is 98.2 Å². The summed E-state index contributed by atoms with van der Waals surface area (Å²) in [7, 11) is 0. The van der Waals surface area contributed by atoms with E-state index in [1.54, 1.807) is 6.08 Å². The molecule has 166 valence electrons. The second-order valence-electron chi connectivity index (χ2n) is 7.49. The first-order chi connectivity index (χ1) is 15.8. The smallest absolute Gasteiger partial charge is 0.293 e. The van der Waals surface area contributed by atoms with Crippen molar-refractivity contribution in [3.63, 3.8) is 0 Å². The monoisotopic (exact) mass is 461 g/mol. The van der Waals surface area contributed by atoms with E-state index in [9.17, 15) is 24.5 Å². The first-order valence-electron chi connectivity index (χ1n) is 10.0. The molecule has 1 aliphatic rings. The van der Waals surface area contributed by atoms with Gasteiger partial charge in [0.15, 0.2) is 5.78 Å². The molecule has 1 fully saturated rings. The van der Waals surface area contributed by atoms with Crippen molar-refractivity contribution in [1.82, 2.24) is 9.47 Å². The lowest BCUT2D eigenvalue weighted by Crippen LogP contribution is -2.33. The Balaban J connectivity index is 1.55. The maximum Gasteiger partial charge on any atom is 0.293 e. The van der Waals surface area contributed by atoms with Gasteiger partial charge in [0.1, 0.15) is 0 Å². The summed E-state index contributed by atoms with van der Waals surface area (Å²) < 4.78 is 2.06. The molecule has 3 aromatic rings. The van der Waals surface area contributed by atoms with Crippen molar-refractivity contribution >= 4 is 40.5 Å². The molecule has 2 heterocycles. The third-order valence-electron chi connectivity index (χ3n) is 5.35. The highest BCUT2D eigenvalue weighted by atomic mass is 32.2. The molecule has 0 N–H and O–H groups in total. The van der Waals surface area contributed by atoms with Crippen LogP contribution in [-0.4, -0.2) is 37.9 Å². The molecule has 8 nitrogen and oxygen atoms in total. The minimum absolute atomic E-state index is 0.145. The molecule has 9 heteroatoms. The van der Waals surface area contributed by atoms with E-state index in [2.05, 4.69) is 4.57 Å². The predicted molar refractivity (Wildman–Crippen MR) is 125 cm³/mol. The minimum Gasteiger partial charge on any atom is -0.318 e. The topological polar surface area (TPSA) is 103 Å². The molecule has 33 heavy (non-hydrogen) atoms. The van der Waals surface area contributed by atoms with Crippen molar-refractivity contribution in [2.45, 2.75) is 13.8 Å².